The van der Waals surface area contributed by atoms with Gasteiger partial charge in [0, 0.05) is 38.6 Å². The molecule has 0 radical (unpaired) electrons. The predicted octanol–water partition coefficient (Wildman–Crippen LogP) is 1.43. The minimum atomic E-state index is -0.389. The van der Waals surface area contributed by atoms with Crippen molar-refractivity contribution in [2.24, 2.45) is 0 Å². The van der Waals surface area contributed by atoms with Crippen LogP contribution in [0.3, 0.4) is 0 Å². The molecule has 0 spiro atoms. The Labute approximate surface area is 149 Å². The molecule has 1 saturated heterocycles. The number of ether oxygens (including phenoxy) is 1. The number of hydrogen-bond donors (Lipinski definition) is 2. The van der Waals surface area contributed by atoms with E-state index in [0.29, 0.717) is 19.2 Å². The van der Waals surface area contributed by atoms with Gasteiger partial charge in [-0.1, -0.05) is 12.1 Å². The average molecular weight is 344 g/mol. The Morgan fingerprint density at radius 3 is 2.88 bits per heavy atom. The van der Waals surface area contributed by atoms with Crippen LogP contribution in [0.4, 0.5) is 0 Å². The van der Waals surface area contributed by atoms with E-state index in [4.69, 9.17) is 4.74 Å². The molecule has 2 aromatic rings. The highest BCUT2D eigenvalue weighted by Gasteiger charge is 2.20. The second-order valence-electron chi connectivity index (χ2n) is 6.69. The Bertz CT molecular complexity index is 624. The summed E-state index contributed by atoms with van der Waals surface area (Å²) in [6.45, 7) is 4.01. The number of aromatic nitrogens is 2. The van der Waals surface area contributed by atoms with Gasteiger partial charge in [0.2, 0.25) is 0 Å². The van der Waals surface area contributed by atoms with Crippen molar-refractivity contribution in [3.05, 3.63) is 48.3 Å². The average Bonchev–Trinajstić information content (AvgIpc) is 3.16. The van der Waals surface area contributed by atoms with Crippen molar-refractivity contribution in [2.75, 3.05) is 33.4 Å². The van der Waals surface area contributed by atoms with Crippen LogP contribution in [-0.2, 0) is 11.3 Å². The van der Waals surface area contributed by atoms with E-state index in [9.17, 15) is 5.11 Å². The summed E-state index contributed by atoms with van der Waals surface area (Å²) in [5, 5.41) is 17.8. The lowest BCUT2D eigenvalue weighted by Gasteiger charge is -2.33. The van der Waals surface area contributed by atoms with Gasteiger partial charge in [0.15, 0.2) is 0 Å². The van der Waals surface area contributed by atoms with E-state index in [1.165, 1.54) is 5.56 Å². The summed E-state index contributed by atoms with van der Waals surface area (Å²) >= 11 is 0. The summed E-state index contributed by atoms with van der Waals surface area (Å²) in [7, 11) is 1.63. The molecule has 3 rings (SSSR count). The maximum Gasteiger partial charge on any atom is 0.0900 e. The minimum absolute atomic E-state index is 0.389. The fourth-order valence-electron chi connectivity index (χ4n) is 3.36. The lowest BCUT2D eigenvalue weighted by molar-refractivity contribution is 0.0310. The quantitative estimate of drug-likeness (QED) is 0.759. The molecular weight excluding hydrogens is 316 g/mol. The summed E-state index contributed by atoms with van der Waals surface area (Å²) in [6, 6.07) is 10.9. The summed E-state index contributed by atoms with van der Waals surface area (Å²) in [5.41, 5.74) is 2.36. The first kappa shape index (κ1) is 18.1. The standard InChI is InChI=1S/C19H28N4O2/c1-25-15-19(24)14-22-10-6-17(7-11-22)20-13-16-4-2-5-18(12-16)23-9-3-8-21-23/h2-5,8-9,12,17,19-20,24H,6-7,10-11,13-15H2,1H3. The highest BCUT2D eigenvalue weighted by Crippen LogP contribution is 2.13. The molecule has 1 aliphatic heterocycles. The van der Waals surface area contributed by atoms with Crippen molar-refractivity contribution in [1.29, 1.82) is 0 Å². The zero-order chi connectivity index (χ0) is 17.5. The van der Waals surface area contributed by atoms with E-state index in [1.807, 2.05) is 16.9 Å². The molecule has 25 heavy (non-hydrogen) atoms. The lowest BCUT2D eigenvalue weighted by atomic mass is 10.0. The Balaban J connectivity index is 1.44. The third-order valence-electron chi connectivity index (χ3n) is 4.69. The van der Waals surface area contributed by atoms with Crippen LogP contribution in [0.15, 0.2) is 42.7 Å². The van der Waals surface area contributed by atoms with E-state index >= 15 is 0 Å². The van der Waals surface area contributed by atoms with E-state index < -0.39 is 0 Å². The predicted molar refractivity (Wildman–Crippen MR) is 97.7 cm³/mol. The first-order chi connectivity index (χ1) is 12.2. The highest BCUT2D eigenvalue weighted by molar-refractivity contribution is 5.35. The molecule has 1 aromatic heterocycles. The van der Waals surface area contributed by atoms with E-state index in [2.05, 4.69) is 39.6 Å². The molecule has 6 heteroatoms. The van der Waals surface area contributed by atoms with E-state index in [-0.39, 0.29) is 6.10 Å². The largest absolute Gasteiger partial charge is 0.389 e. The Hall–Kier alpha value is -1.73. The number of likely N-dealkylation sites (tertiary alicyclic amines) is 1. The van der Waals surface area contributed by atoms with Gasteiger partial charge in [-0.15, -0.1) is 0 Å². The van der Waals surface area contributed by atoms with Crippen LogP contribution in [0, 0.1) is 0 Å². The zero-order valence-corrected chi connectivity index (χ0v) is 14.8. The Morgan fingerprint density at radius 1 is 1.32 bits per heavy atom. The van der Waals surface area contributed by atoms with Gasteiger partial charge < -0.3 is 20.1 Å². The second kappa shape index (κ2) is 9.10. The monoisotopic (exact) mass is 344 g/mol. The summed E-state index contributed by atoms with van der Waals surface area (Å²) in [6.07, 6.45) is 5.58. The van der Waals surface area contributed by atoms with Gasteiger partial charge in [0.1, 0.15) is 0 Å². The second-order valence-corrected chi connectivity index (χ2v) is 6.69. The minimum Gasteiger partial charge on any atom is -0.389 e. The van der Waals surface area contributed by atoms with Gasteiger partial charge in [0.25, 0.3) is 0 Å². The van der Waals surface area contributed by atoms with Crippen LogP contribution in [0.5, 0.6) is 0 Å². The van der Waals surface area contributed by atoms with Crippen molar-refractivity contribution in [3.63, 3.8) is 0 Å². The van der Waals surface area contributed by atoms with Crippen molar-refractivity contribution >= 4 is 0 Å². The molecule has 1 aromatic carbocycles. The van der Waals surface area contributed by atoms with Gasteiger partial charge >= 0.3 is 0 Å². The van der Waals surface area contributed by atoms with Crippen molar-refractivity contribution in [3.8, 4) is 5.69 Å². The number of methoxy groups -OCH3 is 1. The van der Waals surface area contributed by atoms with Crippen molar-refractivity contribution in [1.82, 2.24) is 20.0 Å². The molecule has 6 nitrogen and oxygen atoms in total. The van der Waals surface area contributed by atoms with Crippen molar-refractivity contribution in [2.45, 2.75) is 31.5 Å². The number of piperidine rings is 1. The van der Waals surface area contributed by atoms with Crippen LogP contribution in [0.2, 0.25) is 0 Å². The van der Waals surface area contributed by atoms with Gasteiger partial charge in [-0.2, -0.15) is 5.10 Å². The zero-order valence-electron chi connectivity index (χ0n) is 14.8. The number of aliphatic hydroxyl groups excluding tert-OH is 1. The molecule has 0 saturated carbocycles. The maximum atomic E-state index is 9.83. The highest BCUT2D eigenvalue weighted by atomic mass is 16.5. The van der Waals surface area contributed by atoms with E-state index in [1.54, 1.807) is 13.3 Å². The molecular formula is C19H28N4O2. The molecule has 1 atom stereocenters. The molecule has 1 unspecified atom stereocenters. The molecule has 0 amide bonds. The lowest BCUT2D eigenvalue weighted by Crippen LogP contribution is -2.45. The smallest absolute Gasteiger partial charge is 0.0900 e. The number of benzene rings is 1. The van der Waals surface area contributed by atoms with Gasteiger partial charge in [-0.3, -0.25) is 0 Å². The van der Waals surface area contributed by atoms with Gasteiger partial charge in [-0.05, 0) is 49.7 Å². The van der Waals surface area contributed by atoms with Crippen LogP contribution in [0.1, 0.15) is 18.4 Å². The van der Waals surface area contributed by atoms with Crippen molar-refractivity contribution < 1.29 is 9.84 Å². The Kier molecular flexibility index (Phi) is 6.58. The third kappa shape index (κ3) is 5.37. The van der Waals surface area contributed by atoms with Crippen LogP contribution >= 0.6 is 0 Å². The number of rotatable bonds is 8. The maximum absolute atomic E-state index is 9.83. The van der Waals surface area contributed by atoms with Crippen LogP contribution in [0.25, 0.3) is 5.69 Å². The first-order valence-electron chi connectivity index (χ1n) is 8.96. The molecule has 0 aliphatic carbocycles. The summed E-state index contributed by atoms with van der Waals surface area (Å²) in [5.74, 6) is 0. The number of hydrogen-bond acceptors (Lipinski definition) is 5. The topological polar surface area (TPSA) is 62.6 Å². The summed E-state index contributed by atoms with van der Waals surface area (Å²) < 4.78 is 6.88. The fourth-order valence-corrected chi connectivity index (χ4v) is 3.36. The van der Waals surface area contributed by atoms with Gasteiger partial charge in [0.05, 0.1) is 18.4 Å². The van der Waals surface area contributed by atoms with E-state index in [0.717, 1.165) is 38.2 Å². The number of aliphatic hydroxyl groups is 1. The van der Waals surface area contributed by atoms with Gasteiger partial charge in [-0.25, -0.2) is 4.68 Å². The first-order valence-corrected chi connectivity index (χ1v) is 8.96. The number of nitrogens with one attached hydrogen (secondary N) is 1. The van der Waals surface area contributed by atoms with Crippen LogP contribution in [-0.4, -0.2) is 65.3 Å². The van der Waals surface area contributed by atoms with Crippen LogP contribution < -0.4 is 5.32 Å². The number of β-amino-alcohol motifs (C(OH)–C–C–N with tert-alkyl or cyclic N) is 1. The SMILES string of the molecule is COCC(O)CN1CCC(NCc2cccc(-n3cccn3)c2)CC1. The molecule has 136 valence electrons. The number of nitrogens with zero attached hydrogens (tertiary/aromatic N) is 3. The third-order valence-corrected chi connectivity index (χ3v) is 4.69. The molecule has 0 bridgehead atoms. The normalized spacial score (nSPS) is 17.7. The molecule has 1 aliphatic rings. The molecule has 2 N–H and O–H groups in total. The Morgan fingerprint density at radius 2 is 2.16 bits per heavy atom. The summed E-state index contributed by atoms with van der Waals surface area (Å²) in [4.78, 5) is 2.32. The molecule has 2 heterocycles. The molecule has 1 fully saturated rings. The fraction of sp³-hybridized carbons (Fsp3) is 0.526.